The third kappa shape index (κ3) is 6.38. The summed E-state index contributed by atoms with van der Waals surface area (Å²) in [6, 6.07) is 18.3. The zero-order valence-electron chi connectivity index (χ0n) is 20.7. The van der Waals surface area contributed by atoms with Gasteiger partial charge in [-0.05, 0) is 74.4 Å². The molecule has 3 atom stereocenters. The molecule has 2 heterocycles. The first kappa shape index (κ1) is 25.1. The van der Waals surface area contributed by atoms with Crippen molar-refractivity contribution in [2.45, 2.75) is 38.2 Å². The number of esters is 1. The van der Waals surface area contributed by atoms with Crippen molar-refractivity contribution in [3.05, 3.63) is 71.9 Å². The molecule has 0 bridgehead atoms. The summed E-state index contributed by atoms with van der Waals surface area (Å²) in [7, 11) is 3.09. The minimum Gasteiger partial charge on any atom is -0.495 e. The Labute approximate surface area is 207 Å². The highest BCUT2D eigenvalue weighted by atomic mass is 16.5. The summed E-state index contributed by atoms with van der Waals surface area (Å²) < 4.78 is 10.5. The maximum absolute atomic E-state index is 12.6. The van der Waals surface area contributed by atoms with Crippen LogP contribution in [0.2, 0.25) is 0 Å². The van der Waals surface area contributed by atoms with E-state index in [9.17, 15) is 9.90 Å². The summed E-state index contributed by atoms with van der Waals surface area (Å²) in [6.45, 7) is 2.67. The number of ether oxygens (including phenoxy) is 2. The van der Waals surface area contributed by atoms with Gasteiger partial charge >= 0.3 is 5.97 Å². The minimum atomic E-state index is -0.630. The van der Waals surface area contributed by atoms with Crippen LogP contribution in [-0.4, -0.2) is 54.8 Å². The summed E-state index contributed by atoms with van der Waals surface area (Å²) in [4.78, 5) is 19.5. The van der Waals surface area contributed by atoms with Gasteiger partial charge in [0.2, 0.25) is 0 Å². The van der Waals surface area contributed by atoms with E-state index in [1.54, 1.807) is 13.3 Å². The molecule has 1 N–H and O–H groups in total. The number of benzene rings is 2. The molecule has 6 nitrogen and oxygen atoms in total. The molecule has 1 aliphatic rings. The molecule has 1 aromatic heterocycles. The number of hydrogen-bond acceptors (Lipinski definition) is 6. The van der Waals surface area contributed by atoms with Crippen LogP contribution in [0.15, 0.2) is 60.8 Å². The number of nitrogens with zero attached hydrogens (tertiary/aromatic N) is 2. The molecule has 0 saturated carbocycles. The van der Waals surface area contributed by atoms with Gasteiger partial charge in [0.1, 0.15) is 5.75 Å². The molecular formula is C29H36N2O4. The van der Waals surface area contributed by atoms with Gasteiger partial charge in [-0.1, -0.05) is 42.5 Å². The van der Waals surface area contributed by atoms with Crippen molar-refractivity contribution >= 4 is 16.9 Å². The Morgan fingerprint density at radius 1 is 1.17 bits per heavy atom. The van der Waals surface area contributed by atoms with Crippen LogP contribution in [0.3, 0.4) is 0 Å². The Morgan fingerprint density at radius 2 is 2.00 bits per heavy atom. The second-order valence-corrected chi connectivity index (χ2v) is 9.45. The van der Waals surface area contributed by atoms with E-state index in [2.05, 4.69) is 34.1 Å². The van der Waals surface area contributed by atoms with E-state index in [1.807, 2.05) is 30.3 Å². The van der Waals surface area contributed by atoms with Crippen molar-refractivity contribution in [1.82, 2.24) is 9.88 Å². The van der Waals surface area contributed by atoms with Gasteiger partial charge in [0.05, 0.1) is 38.0 Å². The Hall–Kier alpha value is -2.96. The molecule has 0 amide bonds. The molecular weight excluding hydrogens is 440 g/mol. The lowest BCUT2D eigenvalue weighted by atomic mass is 9.81. The molecule has 1 saturated heterocycles. The average Bonchev–Trinajstić information content (AvgIpc) is 2.91. The molecule has 2 aromatic carbocycles. The fourth-order valence-corrected chi connectivity index (χ4v) is 5.27. The summed E-state index contributed by atoms with van der Waals surface area (Å²) in [5.41, 5.74) is 3.03. The van der Waals surface area contributed by atoms with Crippen LogP contribution in [0.1, 0.15) is 42.9 Å². The van der Waals surface area contributed by atoms with Gasteiger partial charge in [-0.15, -0.1) is 0 Å². The monoisotopic (exact) mass is 476 g/mol. The Balaban J connectivity index is 1.36. The number of pyridine rings is 1. The van der Waals surface area contributed by atoms with Crippen molar-refractivity contribution < 1.29 is 19.4 Å². The van der Waals surface area contributed by atoms with Gasteiger partial charge in [-0.25, -0.2) is 0 Å². The van der Waals surface area contributed by atoms with Crippen molar-refractivity contribution in [2.24, 2.45) is 11.8 Å². The first-order valence-electron chi connectivity index (χ1n) is 12.5. The van der Waals surface area contributed by atoms with Gasteiger partial charge in [0.25, 0.3) is 0 Å². The summed E-state index contributed by atoms with van der Waals surface area (Å²) in [5, 5.41) is 12.0. The number of aryl methyl sites for hydroxylation is 1. The molecule has 186 valence electrons. The number of likely N-dealkylation sites (tertiary alicyclic amines) is 1. The van der Waals surface area contributed by atoms with Gasteiger partial charge < -0.3 is 19.5 Å². The van der Waals surface area contributed by atoms with Gasteiger partial charge in [0, 0.05) is 11.9 Å². The maximum Gasteiger partial charge on any atom is 0.310 e. The van der Waals surface area contributed by atoms with Crippen molar-refractivity contribution in [2.75, 3.05) is 33.9 Å². The van der Waals surface area contributed by atoms with Crippen molar-refractivity contribution in [3.63, 3.8) is 0 Å². The third-order valence-corrected chi connectivity index (χ3v) is 7.27. The molecule has 1 fully saturated rings. The summed E-state index contributed by atoms with van der Waals surface area (Å²) in [5.74, 6) is 0.566. The van der Waals surface area contributed by atoms with Crippen LogP contribution >= 0.6 is 0 Å². The fourth-order valence-electron chi connectivity index (χ4n) is 5.27. The van der Waals surface area contributed by atoms with E-state index in [-0.39, 0.29) is 17.8 Å². The van der Waals surface area contributed by atoms with Crippen LogP contribution in [0.25, 0.3) is 10.9 Å². The standard InChI is InChI=1S/C29H36N2O4/c1-34-23-18-25-24(11-6-12-27(25)30-19-23)28(32)14-13-22-15-17-31(20-26(22)29(33)35-2)16-7-10-21-8-4-3-5-9-21/h3-6,8-9,11-12,18-19,22,26,28,32H,7,10,13-17,20H2,1-2H3/t22-,26+,28?/m1/s1. The predicted molar refractivity (Wildman–Crippen MR) is 137 cm³/mol. The van der Waals surface area contributed by atoms with Gasteiger partial charge in [-0.3, -0.25) is 9.78 Å². The third-order valence-electron chi connectivity index (χ3n) is 7.27. The molecule has 0 radical (unpaired) electrons. The number of fused-ring (bicyclic) bond motifs is 1. The molecule has 0 spiro atoms. The van der Waals surface area contributed by atoms with Gasteiger partial charge in [0.15, 0.2) is 0 Å². The second kappa shape index (κ2) is 12.1. The lowest BCUT2D eigenvalue weighted by Gasteiger charge is -2.37. The first-order chi connectivity index (χ1) is 17.1. The Kier molecular flexibility index (Phi) is 8.72. The molecule has 3 aromatic rings. The van der Waals surface area contributed by atoms with E-state index in [0.717, 1.165) is 61.8 Å². The van der Waals surface area contributed by atoms with Gasteiger partial charge in [-0.2, -0.15) is 0 Å². The predicted octanol–water partition coefficient (Wildman–Crippen LogP) is 4.80. The number of carbonyl (C=O) groups excluding carboxylic acids is 1. The SMILES string of the molecule is COC(=O)[C@H]1CN(CCCc2ccccc2)CC[C@H]1CCC(O)c1cccc2ncc(OC)cc12. The molecule has 4 rings (SSSR count). The maximum atomic E-state index is 12.6. The van der Waals surface area contributed by atoms with E-state index in [4.69, 9.17) is 9.47 Å². The molecule has 35 heavy (non-hydrogen) atoms. The zero-order valence-corrected chi connectivity index (χ0v) is 20.7. The highest BCUT2D eigenvalue weighted by Gasteiger charge is 2.35. The summed E-state index contributed by atoms with van der Waals surface area (Å²) >= 11 is 0. The number of methoxy groups -OCH3 is 2. The molecule has 0 aliphatic carbocycles. The number of aliphatic hydroxyl groups excluding tert-OH is 1. The largest absolute Gasteiger partial charge is 0.495 e. The normalized spacial score (nSPS) is 19.4. The van der Waals surface area contributed by atoms with Crippen LogP contribution < -0.4 is 4.74 Å². The topological polar surface area (TPSA) is 71.9 Å². The number of aliphatic hydroxyl groups is 1. The lowest BCUT2D eigenvalue weighted by Crippen LogP contribution is -2.44. The van der Waals surface area contributed by atoms with Crippen molar-refractivity contribution in [3.8, 4) is 5.75 Å². The minimum absolute atomic E-state index is 0.142. The number of piperidine rings is 1. The lowest BCUT2D eigenvalue weighted by molar-refractivity contribution is -0.150. The zero-order chi connectivity index (χ0) is 24.6. The van der Waals surface area contributed by atoms with E-state index in [0.29, 0.717) is 12.2 Å². The van der Waals surface area contributed by atoms with Crippen LogP contribution in [0, 0.1) is 11.8 Å². The Bertz CT molecular complexity index is 1100. The van der Waals surface area contributed by atoms with Crippen LogP contribution in [0.4, 0.5) is 0 Å². The Morgan fingerprint density at radius 3 is 2.77 bits per heavy atom. The van der Waals surface area contributed by atoms with Crippen LogP contribution in [-0.2, 0) is 16.0 Å². The molecule has 1 aliphatic heterocycles. The number of aromatic nitrogens is 1. The summed E-state index contributed by atoms with van der Waals surface area (Å²) in [6.07, 6.45) is 5.46. The number of carbonyl (C=O) groups is 1. The van der Waals surface area contributed by atoms with E-state index >= 15 is 0 Å². The highest BCUT2D eigenvalue weighted by molar-refractivity contribution is 5.83. The number of hydrogen-bond donors (Lipinski definition) is 1. The second-order valence-electron chi connectivity index (χ2n) is 9.45. The van der Waals surface area contributed by atoms with E-state index < -0.39 is 6.10 Å². The molecule has 1 unspecified atom stereocenters. The molecule has 6 heteroatoms. The first-order valence-corrected chi connectivity index (χ1v) is 12.5. The fraction of sp³-hybridized carbons (Fsp3) is 0.448. The smallest absolute Gasteiger partial charge is 0.310 e. The average molecular weight is 477 g/mol. The highest BCUT2D eigenvalue weighted by Crippen LogP contribution is 2.34. The number of rotatable bonds is 10. The van der Waals surface area contributed by atoms with E-state index in [1.165, 1.54) is 12.7 Å². The van der Waals surface area contributed by atoms with Crippen molar-refractivity contribution in [1.29, 1.82) is 0 Å². The quantitative estimate of drug-likeness (QED) is 0.424. The van der Waals surface area contributed by atoms with Crippen LogP contribution in [0.5, 0.6) is 5.75 Å².